The summed E-state index contributed by atoms with van der Waals surface area (Å²) in [7, 11) is -0.205. The Morgan fingerprint density at radius 2 is 1.81 bits per heavy atom. The van der Waals surface area contributed by atoms with E-state index in [1.54, 1.807) is 12.4 Å². The molecule has 4 aromatic rings. The maximum atomic E-state index is 12.5. The predicted molar refractivity (Wildman–Crippen MR) is 128 cm³/mol. The van der Waals surface area contributed by atoms with Gasteiger partial charge in [-0.1, -0.05) is 35.9 Å². The molecule has 0 saturated heterocycles. The largest absolute Gasteiger partial charge is 0.369 e. The Morgan fingerprint density at radius 1 is 1.09 bits per heavy atom. The number of halogens is 1. The molecule has 1 aromatic carbocycles. The van der Waals surface area contributed by atoms with Crippen LogP contribution in [0.4, 0.5) is 0 Å². The number of hydrogen-bond donors (Lipinski definition) is 1. The summed E-state index contributed by atoms with van der Waals surface area (Å²) in [5.74, 6) is 0.652. The van der Waals surface area contributed by atoms with Crippen LogP contribution in [-0.2, 0) is 17.1 Å². The number of thiophene rings is 1. The van der Waals surface area contributed by atoms with Gasteiger partial charge in [0, 0.05) is 49.2 Å². The molecule has 1 aliphatic rings. The summed E-state index contributed by atoms with van der Waals surface area (Å²) in [6, 6.07) is 9.18. The number of fused-ring (bicyclic) bond motifs is 1. The number of nitrogens with zero attached hydrogens (tertiary/aromatic N) is 5. The Balaban J connectivity index is 1.59. The molecule has 2 N–H and O–H groups in total. The fourth-order valence-electron chi connectivity index (χ4n) is 3.72. The van der Waals surface area contributed by atoms with E-state index in [1.807, 2.05) is 48.1 Å². The van der Waals surface area contributed by atoms with Gasteiger partial charge in [-0.05, 0) is 6.07 Å². The highest BCUT2D eigenvalue weighted by Crippen LogP contribution is 2.44. The Kier molecular flexibility index (Phi) is 4.95. The van der Waals surface area contributed by atoms with Crippen LogP contribution in [0.15, 0.2) is 53.9 Å². The summed E-state index contributed by atoms with van der Waals surface area (Å²) in [5, 5.41) is 1.30. The zero-order valence-corrected chi connectivity index (χ0v) is 19.6. The molecule has 0 fully saturated rings. The van der Waals surface area contributed by atoms with Crippen LogP contribution in [0.3, 0.4) is 0 Å². The third-order valence-corrected chi connectivity index (χ3v) is 9.10. The maximum absolute atomic E-state index is 12.5. The third kappa shape index (κ3) is 3.35. The minimum atomic E-state index is -3.55. The van der Waals surface area contributed by atoms with Gasteiger partial charge in [-0.2, -0.15) is 0 Å². The normalized spacial score (nSPS) is 18.2. The van der Waals surface area contributed by atoms with Gasteiger partial charge in [-0.3, -0.25) is 4.98 Å². The second-order valence-corrected chi connectivity index (χ2v) is 11.0. The SMILES string of the molecule is CN1C(N)=NC(c2sc3c(-c4ccc(-c5nccn5C)cc4)nccc3c2Cl)CS1(=O)=O. The van der Waals surface area contributed by atoms with Crippen molar-refractivity contribution >= 4 is 49.0 Å². The quantitative estimate of drug-likeness (QED) is 0.475. The van der Waals surface area contributed by atoms with Crippen molar-refractivity contribution in [2.45, 2.75) is 6.04 Å². The lowest BCUT2D eigenvalue weighted by Crippen LogP contribution is -2.44. The average molecular weight is 487 g/mol. The molecule has 32 heavy (non-hydrogen) atoms. The average Bonchev–Trinajstić information content (AvgIpc) is 3.35. The smallest absolute Gasteiger partial charge is 0.239 e. The molecule has 3 aromatic heterocycles. The molecule has 0 spiro atoms. The van der Waals surface area contributed by atoms with Crippen LogP contribution in [-0.4, -0.2) is 46.0 Å². The number of aryl methyl sites for hydroxylation is 1. The minimum Gasteiger partial charge on any atom is -0.369 e. The zero-order chi connectivity index (χ0) is 22.6. The Labute approximate surface area is 194 Å². The molecule has 0 aliphatic carbocycles. The Hall–Kier alpha value is -2.95. The van der Waals surface area contributed by atoms with E-state index in [9.17, 15) is 8.42 Å². The highest BCUT2D eigenvalue weighted by atomic mass is 35.5. The molecule has 11 heteroatoms. The summed E-state index contributed by atoms with van der Waals surface area (Å²) in [6.07, 6.45) is 5.37. The molecule has 4 heterocycles. The molecule has 0 amide bonds. The highest BCUT2D eigenvalue weighted by Gasteiger charge is 2.34. The standard InChI is InChI=1S/C21H19ClN6O2S2/c1-27-10-9-25-20(27)13-5-3-12(4-6-13)17-18-14(7-8-24-17)16(22)19(31-18)15-11-32(29,30)28(2)21(23)26-15/h3-10,15H,11H2,1-2H3,(H2,23,26). The number of hydrogen-bond acceptors (Lipinski definition) is 7. The van der Waals surface area contributed by atoms with Crippen LogP contribution < -0.4 is 5.73 Å². The van der Waals surface area contributed by atoms with Gasteiger partial charge in [-0.15, -0.1) is 11.3 Å². The van der Waals surface area contributed by atoms with E-state index >= 15 is 0 Å². The first-order chi connectivity index (χ1) is 15.3. The van der Waals surface area contributed by atoms with E-state index in [-0.39, 0.29) is 11.7 Å². The second kappa shape index (κ2) is 7.58. The van der Waals surface area contributed by atoms with Crippen molar-refractivity contribution in [2.75, 3.05) is 12.8 Å². The number of imidazole rings is 1. The van der Waals surface area contributed by atoms with E-state index < -0.39 is 16.1 Å². The van der Waals surface area contributed by atoms with Crippen molar-refractivity contribution < 1.29 is 8.42 Å². The van der Waals surface area contributed by atoms with Gasteiger partial charge < -0.3 is 10.3 Å². The van der Waals surface area contributed by atoms with Crippen LogP contribution in [0.1, 0.15) is 10.9 Å². The first-order valence-electron chi connectivity index (χ1n) is 9.71. The van der Waals surface area contributed by atoms with E-state index in [1.165, 1.54) is 18.4 Å². The van der Waals surface area contributed by atoms with Crippen molar-refractivity contribution in [2.24, 2.45) is 17.8 Å². The predicted octanol–water partition coefficient (Wildman–Crippen LogP) is 3.65. The first kappa shape index (κ1) is 20.9. The van der Waals surface area contributed by atoms with Gasteiger partial charge >= 0.3 is 0 Å². The number of nitrogens with two attached hydrogens (primary N) is 1. The lowest BCUT2D eigenvalue weighted by molar-refractivity contribution is 0.533. The number of guanidine groups is 1. The molecule has 0 bridgehead atoms. The van der Waals surface area contributed by atoms with E-state index in [4.69, 9.17) is 17.3 Å². The van der Waals surface area contributed by atoms with Crippen LogP contribution in [0.2, 0.25) is 5.02 Å². The van der Waals surface area contributed by atoms with Crippen LogP contribution >= 0.6 is 22.9 Å². The molecule has 8 nitrogen and oxygen atoms in total. The zero-order valence-electron chi connectivity index (χ0n) is 17.2. The minimum absolute atomic E-state index is 0.0435. The van der Waals surface area contributed by atoms with Gasteiger partial charge in [0.25, 0.3) is 0 Å². The number of aliphatic imine (C=N–C) groups is 1. The number of benzene rings is 1. The Bertz CT molecular complexity index is 1470. The Morgan fingerprint density at radius 3 is 2.47 bits per heavy atom. The van der Waals surface area contributed by atoms with Crippen molar-refractivity contribution in [3.05, 3.63) is 58.8 Å². The molecule has 0 radical (unpaired) electrons. The molecule has 5 rings (SSSR count). The van der Waals surface area contributed by atoms with E-state index in [0.717, 1.165) is 37.0 Å². The third-order valence-electron chi connectivity index (χ3n) is 5.51. The molecular formula is C21H19ClN6O2S2. The number of sulfonamides is 1. The number of rotatable bonds is 3. The van der Waals surface area contributed by atoms with Crippen molar-refractivity contribution in [3.8, 4) is 22.6 Å². The highest BCUT2D eigenvalue weighted by molar-refractivity contribution is 7.89. The summed E-state index contributed by atoms with van der Waals surface area (Å²) >= 11 is 8.09. The first-order valence-corrected chi connectivity index (χ1v) is 12.5. The van der Waals surface area contributed by atoms with Gasteiger partial charge in [0.15, 0.2) is 0 Å². The fraction of sp³-hybridized carbons (Fsp3) is 0.190. The maximum Gasteiger partial charge on any atom is 0.239 e. The lowest BCUT2D eigenvalue weighted by atomic mass is 10.1. The molecule has 1 unspecified atom stereocenters. The van der Waals surface area contributed by atoms with Gasteiger partial charge in [0.05, 0.1) is 26.0 Å². The second-order valence-electron chi connectivity index (χ2n) is 7.50. The van der Waals surface area contributed by atoms with Gasteiger partial charge in [-0.25, -0.2) is 22.7 Å². The van der Waals surface area contributed by atoms with Crippen LogP contribution in [0, 0.1) is 0 Å². The van der Waals surface area contributed by atoms with E-state index in [2.05, 4.69) is 15.0 Å². The molecular weight excluding hydrogens is 468 g/mol. The van der Waals surface area contributed by atoms with Crippen molar-refractivity contribution in [1.82, 2.24) is 18.8 Å². The summed E-state index contributed by atoms with van der Waals surface area (Å²) in [4.78, 5) is 14.0. The molecule has 0 saturated carbocycles. The van der Waals surface area contributed by atoms with Gasteiger partial charge in [0.1, 0.15) is 11.9 Å². The van der Waals surface area contributed by atoms with Crippen LogP contribution in [0.5, 0.6) is 0 Å². The topological polar surface area (TPSA) is 106 Å². The summed E-state index contributed by atoms with van der Waals surface area (Å²) in [5.41, 5.74) is 8.56. The molecule has 164 valence electrons. The van der Waals surface area contributed by atoms with Crippen molar-refractivity contribution in [1.29, 1.82) is 0 Å². The molecule has 1 atom stereocenters. The monoisotopic (exact) mass is 486 g/mol. The van der Waals surface area contributed by atoms with Crippen LogP contribution in [0.25, 0.3) is 32.7 Å². The lowest BCUT2D eigenvalue weighted by Gasteiger charge is -2.26. The number of pyridine rings is 1. The summed E-state index contributed by atoms with van der Waals surface area (Å²) in [6.45, 7) is 0. The van der Waals surface area contributed by atoms with Gasteiger partial charge in [0.2, 0.25) is 16.0 Å². The number of aromatic nitrogens is 3. The fourth-order valence-corrected chi connectivity index (χ4v) is 6.71. The molecule has 1 aliphatic heterocycles. The van der Waals surface area contributed by atoms with Crippen molar-refractivity contribution in [3.63, 3.8) is 0 Å². The van der Waals surface area contributed by atoms with E-state index in [0.29, 0.717) is 9.90 Å². The summed E-state index contributed by atoms with van der Waals surface area (Å²) < 4.78 is 28.7.